The van der Waals surface area contributed by atoms with Crippen LogP contribution in [0.3, 0.4) is 0 Å². The lowest BCUT2D eigenvalue weighted by molar-refractivity contribution is 0.571. The van der Waals surface area contributed by atoms with E-state index in [0.29, 0.717) is 11.5 Å². The molecule has 9 heteroatoms. The summed E-state index contributed by atoms with van der Waals surface area (Å²) in [5.74, 6) is 0.379. The molecule has 0 fully saturated rings. The Labute approximate surface area is 111 Å². The number of hydrogen-bond acceptors (Lipinski definition) is 7. The Bertz CT molecular complexity index is 630. The quantitative estimate of drug-likeness (QED) is 0.765. The Morgan fingerprint density at radius 1 is 1.42 bits per heavy atom. The highest BCUT2D eigenvalue weighted by molar-refractivity contribution is 7.90. The van der Waals surface area contributed by atoms with E-state index in [9.17, 15) is 8.42 Å². The predicted molar refractivity (Wildman–Crippen MR) is 72.9 cm³/mol. The maximum atomic E-state index is 12.0. The molecule has 1 atom stereocenters. The van der Waals surface area contributed by atoms with Gasteiger partial charge < -0.3 is 5.73 Å². The van der Waals surface area contributed by atoms with Crippen LogP contribution >= 0.6 is 0 Å². The number of hydrogen-bond donors (Lipinski definition) is 2. The summed E-state index contributed by atoms with van der Waals surface area (Å²) in [5, 5.41) is 3.28. The van der Waals surface area contributed by atoms with Crippen LogP contribution in [0.4, 0.5) is 5.69 Å². The molecule has 0 amide bonds. The first kappa shape index (κ1) is 13.6. The van der Waals surface area contributed by atoms with E-state index in [1.165, 1.54) is 23.5 Å². The van der Waals surface area contributed by atoms with Crippen molar-refractivity contribution in [2.45, 2.75) is 25.4 Å². The fourth-order valence-corrected chi connectivity index (χ4v) is 2.45. The maximum Gasteiger partial charge on any atom is 0.256 e. The molecule has 0 spiro atoms. The Morgan fingerprint density at radius 2 is 2.11 bits per heavy atom. The van der Waals surface area contributed by atoms with Crippen molar-refractivity contribution in [2.75, 3.05) is 4.90 Å². The molecule has 1 aliphatic heterocycles. The van der Waals surface area contributed by atoms with Crippen LogP contribution < -0.4 is 16.4 Å². The second-order valence-electron chi connectivity index (χ2n) is 4.34. The van der Waals surface area contributed by atoms with Crippen molar-refractivity contribution < 1.29 is 8.42 Å². The van der Waals surface area contributed by atoms with E-state index in [1.54, 1.807) is 19.9 Å². The molecular formula is C10H16N6O2S. The van der Waals surface area contributed by atoms with Gasteiger partial charge in [-0.3, -0.25) is 15.6 Å². The Morgan fingerprint density at radius 3 is 2.68 bits per heavy atom. The van der Waals surface area contributed by atoms with Crippen LogP contribution in [0.5, 0.6) is 0 Å². The zero-order valence-electron chi connectivity index (χ0n) is 10.6. The second-order valence-corrected chi connectivity index (χ2v) is 6.68. The third-order valence-electron chi connectivity index (χ3n) is 2.71. The molecule has 8 nitrogen and oxygen atoms in total. The molecule has 1 aliphatic rings. The molecule has 1 aromatic heterocycles. The SMILES string of the molecule is CC(C)S(=O)(=O)n1cc(N2C(N)=CC=NC2N)cn1. The van der Waals surface area contributed by atoms with Gasteiger partial charge in [0.2, 0.25) is 0 Å². The van der Waals surface area contributed by atoms with Crippen LogP contribution in [0.2, 0.25) is 0 Å². The topological polar surface area (TPSA) is 120 Å². The average molecular weight is 284 g/mol. The van der Waals surface area contributed by atoms with Gasteiger partial charge in [-0.05, 0) is 19.9 Å². The second kappa shape index (κ2) is 4.67. The lowest BCUT2D eigenvalue weighted by Crippen LogP contribution is -2.44. The summed E-state index contributed by atoms with van der Waals surface area (Å²) in [5.41, 5.74) is 12.1. The molecular weight excluding hydrogens is 268 g/mol. The van der Waals surface area contributed by atoms with E-state index in [1.807, 2.05) is 0 Å². The number of anilines is 1. The van der Waals surface area contributed by atoms with E-state index in [4.69, 9.17) is 11.5 Å². The van der Waals surface area contributed by atoms with Crippen molar-refractivity contribution in [3.63, 3.8) is 0 Å². The Hall–Kier alpha value is -1.87. The largest absolute Gasteiger partial charge is 0.385 e. The smallest absolute Gasteiger partial charge is 0.256 e. The highest BCUT2D eigenvalue weighted by Crippen LogP contribution is 2.21. The van der Waals surface area contributed by atoms with E-state index in [-0.39, 0.29) is 0 Å². The fourth-order valence-electron chi connectivity index (χ4n) is 1.58. The molecule has 0 radical (unpaired) electrons. The lowest BCUT2D eigenvalue weighted by atomic mass is 10.4. The summed E-state index contributed by atoms with van der Waals surface area (Å²) in [6, 6.07) is 0. The molecule has 0 aliphatic carbocycles. The first-order valence-corrected chi connectivity index (χ1v) is 7.17. The summed E-state index contributed by atoms with van der Waals surface area (Å²) in [6.45, 7) is 3.17. The van der Waals surface area contributed by atoms with Gasteiger partial charge in [-0.2, -0.15) is 9.19 Å². The fraction of sp³-hybridized carbons (Fsp3) is 0.400. The van der Waals surface area contributed by atoms with Gasteiger partial charge in [-0.1, -0.05) is 0 Å². The minimum atomic E-state index is -3.49. The first-order chi connectivity index (χ1) is 8.84. The van der Waals surface area contributed by atoms with Crippen molar-refractivity contribution in [3.05, 3.63) is 24.3 Å². The van der Waals surface area contributed by atoms with Crippen LogP contribution in [0.1, 0.15) is 13.8 Å². The van der Waals surface area contributed by atoms with E-state index in [0.717, 1.165) is 4.09 Å². The third kappa shape index (κ3) is 2.34. The summed E-state index contributed by atoms with van der Waals surface area (Å²) in [6.07, 6.45) is 5.16. The summed E-state index contributed by atoms with van der Waals surface area (Å²) in [7, 11) is -3.49. The predicted octanol–water partition coefficient (Wildman–Crippen LogP) is -0.597. The van der Waals surface area contributed by atoms with E-state index < -0.39 is 21.6 Å². The van der Waals surface area contributed by atoms with Gasteiger partial charge in [0.15, 0.2) is 6.29 Å². The van der Waals surface area contributed by atoms with Crippen molar-refractivity contribution in [3.8, 4) is 0 Å². The minimum Gasteiger partial charge on any atom is -0.385 e. The highest BCUT2D eigenvalue weighted by atomic mass is 32.2. The molecule has 2 heterocycles. The standard InChI is InChI=1S/C10H16N6O2S/c1-7(2)19(17,18)15-6-8(5-14-15)16-9(11)3-4-13-10(16)12/h3-7,10H,11-12H2,1-2H3. The molecule has 0 bridgehead atoms. The van der Waals surface area contributed by atoms with Crippen LogP contribution in [0.15, 0.2) is 29.3 Å². The van der Waals surface area contributed by atoms with Crippen LogP contribution in [0.25, 0.3) is 0 Å². The van der Waals surface area contributed by atoms with Gasteiger partial charge in [-0.25, -0.2) is 8.42 Å². The van der Waals surface area contributed by atoms with Crippen LogP contribution in [-0.4, -0.2) is 35.4 Å². The molecule has 0 saturated carbocycles. The third-order valence-corrected chi connectivity index (χ3v) is 4.62. The molecule has 19 heavy (non-hydrogen) atoms. The summed E-state index contributed by atoms with van der Waals surface area (Å²) in [4.78, 5) is 5.48. The van der Waals surface area contributed by atoms with E-state index >= 15 is 0 Å². The highest BCUT2D eigenvalue weighted by Gasteiger charge is 2.24. The van der Waals surface area contributed by atoms with Gasteiger partial charge >= 0.3 is 0 Å². The van der Waals surface area contributed by atoms with E-state index in [2.05, 4.69) is 10.1 Å². The van der Waals surface area contributed by atoms with Crippen LogP contribution in [0, 0.1) is 0 Å². The zero-order valence-corrected chi connectivity index (χ0v) is 11.4. The van der Waals surface area contributed by atoms with Gasteiger partial charge in [-0.15, -0.1) is 0 Å². The molecule has 0 saturated heterocycles. The number of allylic oxidation sites excluding steroid dienone is 1. The van der Waals surface area contributed by atoms with Crippen molar-refractivity contribution in [2.24, 2.45) is 16.5 Å². The normalized spacial score (nSPS) is 19.9. The molecule has 4 N–H and O–H groups in total. The molecule has 2 rings (SSSR count). The number of aliphatic imine (C=N–C) groups is 1. The molecule has 1 unspecified atom stereocenters. The zero-order chi connectivity index (χ0) is 14.2. The molecule has 104 valence electrons. The first-order valence-electron chi connectivity index (χ1n) is 5.67. The molecule has 0 aromatic carbocycles. The minimum absolute atomic E-state index is 0.379. The van der Waals surface area contributed by atoms with Gasteiger partial charge in [0.25, 0.3) is 10.0 Å². The van der Waals surface area contributed by atoms with Gasteiger partial charge in [0.1, 0.15) is 5.82 Å². The van der Waals surface area contributed by atoms with Crippen LogP contribution in [-0.2, 0) is 10.0 Å². The Kier molecular flexibility index (Phi) is 3.33. The average Bonchev–Trinajstić information content (AvgIpc) is 2.78. The van der Waals surface area contributed by atoms with Gasteiger partial charge in [0, 0.05) is 6.21 Å². The number of nitrogens with two attached hydrogens (primary N) is 2. The van der Waals surface area contributed by atoms with Crippen molar-refractivity contribution in [1.29, 1.82) is 0 Å². The summed E-state index contributed by atoms with van der Waals surface area (Å²) >= 11 is 0. The number of nitrogens with zero attached hydrogens (tertiary/aromatic N) is 4. The van der Waals surface area contributed by atoms with Crippen molar-refractivity contribution in [1.82, 2.24) is 9.19 Å². The number of rotatable bonds is 3. The number of aromatic nitrogens is 2. The van der Waals surface area contributed by atoms with Gasteiger partial charge in [0.05, 0.1) is 23.3 Å². The summed E-state index contributed by atoms with van der Waals surface area (Å²) < 4.78 is 24.9. The molecule has 1 aromatic rings. The van der Waals surface area contributed by atoms with Crippen molar-refractivity contribution >= 4 is 21.9 Å². The maximum absolute atomic E-state index is 12.0. The lowest BCUT2D eigenvalue weighted by Gasteiger charge is -2.28. The monoisotopic (exact) mass is 284 g/mol. The Balaban J connectivity index is 2.37.